The van der Waals surface area contributed by atoms with E-state index in [1.807, 2.05) is 24.0 Å². The molecule has 0 radical (unpaired) electrons. The van der Waals surface area contributed by atoms with Crippen molar-refractivity contribution in [2.24, 2.45) is 7.05 Å². The Labute approximate surface area is 201 Å². The van der Waals surface area contributed by atoms with Crippen LogP contribution in [0.1, 0.15) is 64.0 Å². The SMILES string of the molecule is CC(C)c1c2cc(-c3ccnc(NC4CCC(NC5CCSCC5)CC4)n3)ccc2nn1C. The Kier molecular flexibility index (Phi) is 6.88. The molecule has 33 heavy (non-hydrogen) atoms. The second kappa shape index (κ2) is 10.0. The van der Waals surface area contributed by atoms with Gasteiger partial charge in [-0.05, 0) is 74.1 Å². The van der Waals surface area contributed by atoms with Crippen LogP contribution in [0.4, 0.5) is 5.95 Å². The third kappa shape index (κ3) is 5.19. The Bertz CT molecular complexity index is 1080. The fourth-order valence-electron chi connectivity index (χ4n) is 5.44. The summed E-state index contributed by atoms with van der Waals surface area (Å²) in [6, 6.07) is 10.3. The van der Waals surface area contributed by atoms with E-state index < -0.39 is 0 Å². The zero-order valence-electron chi connectivity index (χ0n) is 20.1. The lowest BCUT2D eigenvalue weighted by atomic mass is 9.90. The molecule has 2 aromatic heterocycles. The van der Waals surface area contributed by atoms with Gasteiger partial charge in [0.25, 0.3) is 0 Å². The smallest absolute Gasteiger partial charge is 0.223 e. The molecule has 0 amide bonds. The lowest BCUT2D eigenvalue weighted by Crippen LogP contribution is -2.43. The highest BCUT2D eigenvalue weighted by atomic mass is 32.2. The summed E-state index contributed by atoms with van der Waals surface area (Å²) in [6.45, 7) is 4.43. The molecule has 3 heterocycles. The van der Waals surface area contributed by atoms with Crippen LogP contribution in [0.2, 0.25) is 0 Å². The van der Waals surface area contributed by atoms with Crippen molar-refractivity contribution in [3.8, 4) is 11.3 Å². The molecule has 0 unspecified atom stereocenters. The minimum atomic E-state index is 0.416. The molecule has 0 atom stereocenters. The molecule has 0 bridgehead atoms. The van der Waals surface area contributed by atoms with E-state index in [4.69, 9.17) is 4.98 Å². The van der Waals surface area contributed by atoms with Gasteiger partial charge in [-0.15, -0.1) is 0 Å². The monoisotopic (exact) mass is 464 g/mol. The van der Waals surface area contributed by atoms with Gasteiger partial charge in [0.05, 0.1) is 11.2 Å². The van der Waals surface area contributed by atoms with Crippen molar-refractivity contribution in [2.75, 3.05) is 16.8 Å². The Morgan fingerprint density at radius 2 is 1.70 bits per heavy atom. The minimum Gasteiger partial charge on any atom is -0.351 e. The second-order valence-corrected chi connectivity index (χ2v) is 11.1. The van der Waals surface area contributed by atoms with Crippen molar-refractivity contribution >= 4 is 28.6 Å². The normalized spacial score (nSPS) is 22.2. The summed E-state index contributed by atoms with van der Waals surface area (Å²) < 4.78 is 2.00. The van der Waals surface area contributed by atoms with Gasteiger partial charge >= 0.3 is 0 Å². The maximum atomic E-state index is 4.87. The van der Waals surface area contributed by atoms with Crippen molar-refractivity contribution in [3.63, 3.8) is 0 Å². The standard InChI is InChI=1S/C26H36N6S/c1-17(2)25-22-16-18(4-9-24(22)31-32(25)3)23-10-13-27-26(30-23)29-20-7-5-19(6-8-20)28-21-11-14-33-15-12-21/h4,9-10,13,16-17,19-21,28H,5-8,11-12,14-15H2,1-3H3,(H,27,29,30). The summed E-state index contributed by atoms with van der Waals surface area (Å²) in [5.41, 5.74) is 4.37. The zero-order chi connectivity index (χ0) is 22.8. The van der Waals surface area contributed by atoms with E-state index in [1.54, 1.807) is 0 Å². The molecule has 2 fully saturated rings. The Balaban J connectivity index is 1.24. The first-order chi connectivity index (χ1) is 16.1. The van der Waals surface area contributed by atoms with E-state index in [9.17, 15) is 0 Å². The molecule has 0 spiro atoms. The number of aryl methyl sites for hydroxylation is 1. The second-order valence-electron chi connectivity index (χ2n) is 9.91. The van der Waals surface area contributed by atoms with Crippen molar-refractivity contribution in [3.05, 3.63) is 36.2 Å². The number of hydrogen-bond donors (Lipinski definition) is 2. The van der Waals surface area contributed by atoms with Crippen LogP contribution in [0.5, 0.6) is 0 Å². The average Bonchev–Trinajstić information content (AvgIpc) is 3.16. The fraction of sp³-hybridized carbons (Fsp3) is 0.577. The van der Waals surface area contributed by atoms with Gasteiger partial charge in [0.2, 0.25) is 5.95 Å². The molecule has 1 saturated heterocycles. The lowest BCUT2D eigenvalue weighted by molar-refractivity contribution is 0.313. The van der Waals surface area contributed by atoms with Crippen LogP contribution >= 0.6 is 11.8 Å². The van der Waals surface area contributed by atoms with Gasteiger partial charge in [0.1, 0.15) is 0 Å². The molecule has 2 aliphatic rings. The molecular formula is C26H36N6S. The van der Waals surface area contributed by atoms with Gasteiger partial charge in [0, 0.05) is 48.0 Å². The topological polar surface area (TPSA) is 67.7 Å². The summed E-state index contributed by atoms with van der Waals surface area (Å²) in [5, 5.41) is 13.4. The lowest BCUT2D eigenvalue weighted by Gasteiger charge is -2.33. The molecule has 5 rings (SSSR count). The first kappa shape index (κ1) is 22.7. The van der Waals surface area contributed by atoms with Crippen molar-refractivity contribution in [1.82, 2.24) is 25.1 Å². The number of fused-ring (bicyclic) bond motifs is 1. The summed E-state index contributed by atoms with van der Waals surface area (Å²) in [4.78, 5) is 9.40. The number of nitrogens with zero attached hydrogens (tertiary/aromatic N) is 4. The van der Waals surface area contributed by atoms with Crippen molar-refractivity contribution in [2.45, 2.75) is 76.4 Å². The molecule has 1 aliphatic heterocycles. The first-order valence-electron chi connectivity index (χ1n) is 12.5. The average molecular weight is 465 g/mol. The predicted molar refractivity (Wildman–Crippen MR) is 139 cm³/mol. The fourth-order valence-corrected chi connectivity index (χ4v) is 6.54. The molecular weight excluding hydrogens is 428 g/mol. The van der Waals surface area contributed by atoms with Crippen LogP contribution in [-0.4, -0.2) is 49.4 Å². The van der Waals surface area contributed by atoms with E-state index in [1.165, 1.54) is 61.1 Å². The number of nitrogens with one attached hydrogen (secondary N) is 2. The highest BCUT2D eigenvalue weighted by Gasteiger charge is 2.24. The third-order valence-corrected chi connectivity index (χ3v) is 8.18. The van der Waals surface area contributed by atoms with Gasteiger partial charge in [-0.3, -0.25) is 4.68 Å². The number of anilines is 1. The maximum Gasteiger partial charge on any atom is 0.223 e. The Morgan fingerprint density at radius 3 is 2.45 bits per heavy atom. The highest BCUT2D eigenvalue weighted by molar-refractivity contribution is 7.99. The van der Waals surface area contributed by atoms with Gasteiger partial charge in [-0.2, -0.15) is 16.9 Å². The minimum absolute atomic E-state index is 0.416. The van der Waals surface area contributed by atoms with Crippen molar-refractivity contribution in [1.29, 1.82) is 0 Å². The third-order valence-electron chi connectivity index (χ3n) is 7.13. The first-order valence-corrected chi connectivity index (χ1v) is 13.6. The zero-order valence-corrected chi connectivity index (χ0v) is 20.9. The molecule has 6 nitrogen and oxygen atoms in total. The van der Waals surface area contributed by atoms with E-state index in [-0.39, 0.29) is 0 Å². The van der Waals surface area contributed by atoms with Gasteiger partial charge in [-0.25, -0.2) is 9.97 Å². The molecule has 2 N–H and O–H groups in total. The summed E-state index contributed by atoms with van der Waals surface area (Å²) in [6.07, 6.45) is 9.33. The van der Waals surface area contributed by atoms with Crippen LogP contribution in [-0.2, 0) is 7.05 Å². The number of thioether (sulfide) groups is 1. The maximum absolute atomic E-state index is 4.87. The number of hydrogen-bond acceptors (Lipinski definition) is 6. The quantitative estimate of drug-likeness (QED) is 0.512. The van der Waals surface area contributed by atoms with Gasteiger partial charge in [0.15, 0.2) is 0 Å². The highest BCUT2D eigenvalue weighted by Crippen LogP contribution is 2.30. The van der Waals surface area contributed by atoms with Crippen molar-refractivity contribution < 1.29 is 0 Å². The van der Waals surface area contributed by atoms with E-state index in [0.717, 1.165) is 28.8 Å². The van der Waals surface area contributed by atoms with Crippen LogP contribution < -0.4 is 10.6 Å². The molecule has 7 heteroatoms. The van der Waals surface area contributed by atoms with Crippen LogP contribution in [0.25, 0.3) is 22.2 Å². The van der Waals surface area contributed by atoms with Crippen LogP contribution in [0.15, 0.2) is 30.5 Å². The van der Waals surface area contributed by atoms with E-state index in [2.05, 4.69) is 64.5 Å². The number of benzene rings is 1. The van der Waals surface area contributed by atoms with Crippen LogP contribution in [0, 0.1) is 0 Å². The molecule has 1 aromatic carbocycles. The Morgan fingerprint density at radius 1 is 0.970 bits per heavy atom. The van der Waals surface area contributed by atoms with Gasteiger partial charge < -0.3 is 10.6 Å². The van der Waals surface area contributed by atoms with Crippen LogP contribution in [0.3, 0.4) is 0 Å². The molecule has 1 aliphatic carbocycles. The largest absolute Gasteiger partial charge is 0.351 e. The number of rotatable bonds is 6. The van der Waals surface area contributed by atoms with E-state index in [0.29, 0.717) is 18.0 Å². The summed E-state index contributed by atoms with van der Waals surface area (Å²) in [5.74, 6) is 3.78. The van der Waals surface area contributed by atoms with E-state index >= 15 is 0 Å². The molecule has 1 saturated carbocycles. The summed E-state index contributed by atoms with van der Waals surface area (Å²) >= 11 is 2.10. The summed E-state index contributed by atoms with van der Waals surface area (Å²) in [7, 11) is 2.03. The molecule has 176 valence electrons. The van der Waals surface area contributed by atoms with Gasteiger partial charge in [-0.1, -0.05) is 19.9 Å². The predicted octanol–water partition coefficient (Wildman–Crippen LogP) is 5.36. The Hall–Kier alpha value is -2.12. The number of aromatic nitrogens is 4. The molecule has 3 aromatic rings.